The molecule has 0 fully saturated rings. The Bertz CT molecular complexity index is 588. The standard InChI is InChI=1S/C15H18N2O2/c1-10-3-5-13(11(2)9-10)17-15(18)14-6-4-12(19-14)7-8-16/h3-6,9H,7-8,16H2,1-2H3,(H,17,18). The van der Waals surface area contributed by atoms with E-state index in [2.05, 4.69) is 5.32 Å². The fraction of sp³-hybridized carbons (Fsp3) is 0.267. The maximum Gasteiger partial charge on any atom is 0.291 e. The van der Waals surface area contributed by atoms with E-state index in [1.807, 2.05) is 32.0 Å². The lowest BCUT2D eigenvalue weighted by atomic mass is 10.1. The predicted octanol–water partition coefficient (Wildman–Crippen LogP) is 2.65. The van der Waals surface area contributed by atoms with Crippen molar-refractivity contribution in [2.75, 3.05) is 11.9 Å². The maximum atomic E-state index is 12.0. The lowest BCUT2D eigenvalue weighted by molar-refractivity contribution is 0.0995. The van der Waals surface area contributed by atoms with E-state index in [1.54, 1.807) is 12.1 Å². The molecule has 1 amide bonds. The first-order valence-corrected chi connectivity index (χ1v) is 6.27. The summed E-state index contributed by atoms with van der Waals surface area (Å²) in [5.74, 6) is 0.798. The molecule has 19 heavy (non-hydrogen) atoms. The number of benzene rings is 1. The van der Waals surface area contributed by atoms with Gasteiger partial charge in [0.25, 0.3) is 5.91 Å². The van der Waals surface area contributed by atoms with E-state index in [9.17, 15) is 4.79 Å². The molecular formula is C15H18N2O2. The van der Waals surface area contributed by atoms with E-state index >= 15 is 0 Å². The number of rotatable bonds is 4. The summed E-state index contributed by atoms with van der Waals surface area (Å²) in [5.41, 5.74) is 8.44. The third-order valence-corrected chi connectivity index (χ3v) is 2.91. The molecule has 0 unspecified atom stereocenters. The summed E-state index contributed by atoms with van der Waals surface area (Å²) in [4.78, 5) is 12.0. The average Bonchev–Trinajstić information content (AvgIpc) is 2.82. The van der Waals surface area contributed by atoms with Crippen LogP contribution in [-0.2, 0) is 6.42 Å². The molecule has 0 radical (unpaired) electrons. The van der Waals surface area contributed by atoms with Gasteiger partial charge in [-0.05, 0) is 44.2 Å². The van der Waals surface area contributed by atoms with Crippen LogP contribution < -0.4 is 11.1 Å². The van der Waals surface area contributed by atoms with Gasteiger partial charge in [-0.15, -0.1) is 0 Å². The third kappa shape index (κ3) is 3.23. The monoisotopic (exact) mass is 258 g/mol. The number of furan rings is 1. The van der Waals surface area contributed by atoms with E-state index in [0.717, 1.165) is 17.0 Å². The Hall–Kier alpha value is -2.07. The topological polar surface area (TPSA) is 68.3 Å². The highest BCUT2D eigenvalue weighted by Gasteiger charge is 2.12. The van der Waals surface area contributed by atoms with Gasteiger partial charge in [-0.25, -0.2) is 0 Å². The molecule has 0 saturated carbocycles. The van der Waals surface area contributed by atoms with Crippen molar-refractivity contribution >= 4 is 11.6 Å². The van der Waals surface area contributed by atoms with E-state index in [4.69, 9.17) is 10.2 Å². The second kappa shape index (κ2) is 5.71. The Morgan fingerprint density at radius 3 is 2.74 bits per heavy atom. The van der Waals surface area contributed by atoms with E-state index in [-0.39, 0.29) is 5.91 Å². The van der Waals surface area contributed by atoms with Crippen LogP contribution in [0.5, 0.6) is 0 Å². The molecule has 0 spiro atoms. The highest BCUT2D eigenvalue weighted by Crippen LogP contribution is 2.18. The van der Waals surface area contributed by atoms with Crippen LogP contribution in [0.15, 0.2) is 34.7 Å². The summed E-state index contributed by atoms with van der Waals surface area (Å²) in [7, 11) is 0. The first-order chi connectivity index (χ1) is 9.10. The number of aryl methyl sites for hydroxylation is 2. The molecule has 0 atom stereocenters. The number of carbonyl (C=O) groups excluding carboxylic acids is 1. The number of carbonyl (C=O) groups is 1. The summed E-state index contributed by atoms with van der Waals surface area (Å²) in [6, 6.07) is 9.34. The minimum Gasteiger partial charge on any atom is -0.456 e. The quantitative estimate of drug-likeness (QED) is 0.885. The van der Waals surface area contributed by atoms with Crippen LogP contribution in [-0.4, -0.2) is 12.5 Å². The van der Waals surface area contributed by atoms with Gasteiger partial charge >= 0.3 is 0 Å². The van der Waals surface area contributed by atoms with Crippen LogP contribution in [0.2, 0.25) is 0 Å². The Labute approximate surface area is 112 Å². The molecule has 1 heterocycles. The Morgan fingerprint density at radius 2 is 2.05 bits per heavy atom. The highest BCUT2D eigenvalue weighted by molar-refractivity contribution is 6.02. The number of nitrogens with one attached hydrogen (secondary N) is 1. The van der Waals surface area contributed by atoms with Crippen molar-refractivity contribution in [3.8, 4) is 0 Å². The molecule has 0 saturated heterocycles. The van der Waals surface area contributed by atoms with E-state index in [0.29, 0.717) is 18.7 Å². The number of anilines is 1. The molecule has 3 N–H and O–H groups in total. The van der Waals surface area contributed by atoms with Gasteiger partial charge < -0.3 is 15.5 Å². The van der Waals surface area contributed by atoms with Crippen molar-refractivity contribution in [3.63, 3.8) is 0 Å². The molecule has 0 aliphatic rings. The van der Waals surface area contributed by atoms with Gasteiger partial charge in [0.2, 0.25) is 0 Å². The van der Waals surface area contributed by atoms with Crippen LogP contribution in [0, 0.1) is 13.8 Å². The van der Waals surface area contributed by atoms with Crippen molar-refractivity contribution in [2.45, 2.75) is 20.3 Å². The second-order valence-corrected chi connectivity index (χ2v) is 4.58. The smallest absolute Gasteiger partial charge is 0.291 e. The van der Waals surface area contributed by atoms with Crippen molar-refractivity contribution in [3.05, 3.63) is 53.0 Å². The van der Waals surface area contributed by atoms with E-state index < -0.39 is 0 Å². The zero-order valence-corrected chi connectivity index (χ0v) is 11.2. The predicted molar refractivity (Wildman–Crippen MR) is 75.3 cm³/mol. The second-order valence-electron chi connectivity index (χ2n) is 4.58. The Morgan fingerprint density at radius 1 is 1.26 bits per heavy atom. The molecule has 100 valence electrons. The van der Waals surface area contributed by atoms with Crippen LogP contribution in [0.25, 0.3) is 0 Å². The lowest BCUT2D eigenvalue weighted by Crippen LogP contribution is -2.12. The van der Waals surface area contributed by atoms with Gasteiger partial charge in [0.05, 0.1) is 0 Å². The fourth-order valence-corrected chi connectivity index (χ4v) is 1.91. The van der Waals surface area contributed by atoms with Crippen LogP contribution in [0.4, 0.5) is 5.69 Å². The van der Waals surface area contributed by atoms with Crippen molar-refractivity contribution in [2.24, 2.45) is 5.73 Å². The van der Waals surface area contributed by atoms with Crippen molar-refractivity contribution < 1.29 is 9.21 Å². The molecule has 4 heteroatoms. The summed E-state index contributed by atoms with van der Waals surface area (Å²) < 4.78 is 5.43. The number of hydrogen-bond donors (Lipinski definition) is 2. The van der Waals surface area contributed by atoms with Gasteiger partial charge in [0.1, 0.15) is 5.76 Å². The molecule has 0 bridgehead atoms. The Kier molecular flexibility index (Phi) is 4.02. The van der Waals surface area contributed by atoms with Gasteiger partial charge in [0, 0.05) is 12.1 Å². The molecule has 1 aromatic carbocycles. The zero-order valence-electron chi connectivity index (χ0n) is 11.2. The number of nitrogens with two attached hydrogens (primary N) is 1. The van der Waals surface area contributed by atoms with Gasteiger partial charge in [-0.3, -0.25) is 4.79 Å². The summed E-state index contributed by atoms with van der Waals surface area (Å²) in [5, 5.41) is 2.85. The molecule has 0 aliphatic carbocycles. The Balaban J connectivity index is 2.11. The van der Waals surface area contributed by atoms with Gasteiger partial charge in [-0.1, -0.05) is 17.7 Å². The van der Waals surface area contributed by atoms with Gasteiger partial charge in [0.15, 0.2) is 5.76 Å². The number of hydrogen-bond acceptors (Lipinski definition) is 3. The third-order valence-electron chi connectivity index (χ3n) is 2.91. The van der Waals surface area contributed by atoms with Crippen molar-refractivity contribution in [1.82, 2.24) is 0 Å². The molecule has 1 aromatic heterocycles. The zero-order chi connectivity index (χ0) is 13.8. The van der Waals surface area contributed by atoms with Crippen LogP contribution in [0.3, 0.4) is 0 Å². The summed E-state index contributed by atoms with van der Waals surface area (Å²) in [6.07, 6.45) is 0.636. The molecular weight excluding hydrogens is 240 g/mol. The number of amides is 1. The fourth-order valence-electron chi connectivity index (χ4n) is 1.91. The highest BCUT2D eigenvalue weighted by atomic mass is 16.3. The first kappa shape index (κ1) is 13.4. The maximum absolute atomic E-state index is 12.0. The summed E-state index contributed by atoms with van der Waals surface area (Å²) in [6.45, 7) is 4.49. The molecule has 2 aromatic rings. The van der Waals surface area contributed by atoms with Crippen LogP contribution in [0.1, 0.15) is 27.4 Å². The van der Waals surface area contributed by atoms with E-state index in [1.165, 1.54) is 5.56 Å². The average molecular weight is 258 g/mol. The minimum absolute atomic E-state index is 0.241. The molecule has 2 rings (SSSR count). The SMILES string of the molecule is Cc1ccc(NC(=O)c2ccc(CCN)o2)c(C)c1. The first-order valence-electron chi connectivity index (χ1n) is 6.27. The van der Waals surface area contributed by atoms with Gasteiger partial charge in [-0.2, -0.15) is 0 Å². The van der Waals surface area contributed by atoms with Crippen LogP contribution >= 0.6 is 0 Å². The lowest BCUT2D eigenvalue weighted by Gasteiger charge is -2.07. The molecule has 0 aliphatic heterocycles. The minimum atomic E-state index is -0.241. The normalized spacial score (nSPS) is 10.5. The molecule has 4 nitrogen and oxygen atoms in total. The largest absolute Gasteiger partial charge is 0.456 e. The van der Waals surface area contributed by atoms with Crippen molar-refractivity contribution in [1.29, 1.82) is 0 Å². The summed E-state index contributed by atoms with van der Waals surface area (Å²) >= 11 is 0.